The molecule has 47 heavy (non-hydrogen) atoms. The lowest BCUT2D eigenvalue weighted by Crippen LogP contribution is -2.21. The van der Waals surface area contributed by atoms with Gasteiger partial charge in [-0.3, -0.25) is 23.5 Å². The minimum atomic E-state index is -3.70. The Kier molecular flexibility index (Phi) is 16.6. The minimum absolute atomic E-state index is 0.0254. The largest absolute Gasteiger partial charge is 0.496 e. The quantitative estimate of drug-likeness (QED) is 0.0842. The van der Waals surface area contributed by atoms with Crippen LogP contribution >= 0.6 is 14.7 Å². The fourth-order valence-electron chi connectivity index (χ4n) is 4.14. The normalized spacial score (nSPS) is 15.0. The molecule has 9 N–H and O–H groups in total. The molecule has 0 spiro atoms. The molecule has 258 valence electrons. The molecule has 3 aromatic rings. The number of carbonyl (C=O) groups excluding carboxylic acids is 1. The van der Waals surface area contributed by atoms with Gasteiger partial charge in [-0.25, -0.2) is 0 Å². The lowest BCUT2D eigenvalue weighted by atomic mass is 10.0. The zero-order chi connectivity index (χ0) is 35.9. The highest BCUT2D eigenvalue weighted by molar-refractivity contribution is 7.67. The average molecular weight is 694 g/mol. The van der Waals surface area contributed by atoms with Gasteiger partial charge in [-0.05, 0) is 43.3 Å². The van der Waals surface area contributed by atoms with Gasteiger partial charge >= 0.3 is 11.9 Å². The first kappa shape index (κ1) is 41.0. The molecule has 0 aliphatic carbocycles. The Balaban J connectivity index is 0.000000354. The standard InChI is InChI=1S/C11H16NO4P.C11H15NO2.C10H14NO4P/c1-8(11(13)14)7-17(15,16-2)10-6-4-3-5-9(10)12;1-8(12)7-10(13)9-5-3-4-6-11(9)14-2;1-7(10(12)13)6-16(14,15)9-5-3-2-4-8(9)11/h3-6,8H,7,12H2,1-2H3,(H,13,14);3-6,8H,7,12H2,1-2H3;2-5,7H,6,11H2,1H3,(H,12,13)(H,14,15)/t8-,17?;;7-/m0.0/s1. The monoisotopic (exact) mass is 693 g/mol. The Bertz CT molecular complexity index is 1600. The van der Waals surface area contributed by atoms with Crippen molar-refractivity contribution >= 4 is 54.4 Å². The summed E-state index contributed by atoms with van der Waals surface area (Å²) in [4.78, 5) is 42.9. The van der Waals surface area contributed by atoms with Gasteiger partial charge in [0.25, 0.3) is 0 Å². The van der Waals surface area contributed by atoms with Gasteiger partial charge in [0.05, 0.1) is 35.1 Å². The summed E-state index contributed by atoms with van der Waals surface area (Å²) in [6, 6.07) is 19.9. The van der Waals surface area contributed by atoms with Crippen molar-refractivity contribution in [2.24, 2.45) is 17.6 Å². The number of benzene rings is 3. The maximum absolute atomic E-state index is 12.6. The van der Waals surface area contributed by atoms with Crippen LogP contribution in [-0.2, 0) is 23.2 Å². The molecule has 3 rings (SSSR count). The Hall–Kier alpha value is -3.99. The maximum Gasteiger partial charge on any atom is 0.306 e. The summed E-state index contributed by atoms with van der Waals surface area (Å²) in [6.07, 6.45) is -0.0238. The van der Waals surface area contributed by atoms with E-state index in [2.05, 4.69) is 0 Å². The number of rotatable bonds is 13. The van der Waals surface area contributed by atoms with Crippen molar-refractivity contribution in [3.63, 3.8) is 0 Å². The van der Waals surface area contributed by atoms with Crippen LogP contribution in [0.2, 0.25) is 0 Å². The highest BCUT2D eigenvalue weighted by Crippen LogP contribution is 2.48. The SMILES string of the molecule is COP(=O)(C[C@H](C)C(=O)O)c1ccccc1N.COc1ccccc1C(=O)CC(C)N.C[C@@H](CP(=O)(O)c1ccccc1N)C(=O)O. The predicted octanol–water partition coefficient (Wildman–Crippen LogP) is 4.04. The number of anilines is 2. The number of carboxylic acids is 2. The molecular weight excluding hydrogens is 648 g/mol. The molecule has 3 aromatic carbocycles. The average Bonchev–Trinajstić information content (AvgIpc) is 3.01. The molecule has 0 heterocycles. The van der Waals surface area contributed by atoms with E-state index in [0.29, 0.717) is 28.7 Å². The summed E-state index contributed by atoms with van der Waals surface area (Å²) >= 11 is 0. The molecular formula is C32H45N3O10P2. The Labute approximate surface area is 275 Å². The van der Waals surface area contributed by atoms with Gasteiger partial charge in [-0.1, -0.05) is 50.2 Å². The van der Waals surface area contributed by atoms with Crippen molar-refractivity contribution < 1.29 is 47.9 Å². The molecule has 13 nitrogen and oxygen atoms in total. The highest BCUT2D eigenvalue weighted by atomic mass is 31.2. The summed E-state index contributed by atoms with van der Waals surface area (Å²) in [5, 5.41) is 18.1. The van der Waals surface area contributed by atoms with E-state index in [0.717, 1.165) is 0 Å². The number of carbonyl (C=O) groups is 3. The maximum atomic E-state index is 12.6. The molecule has 0 radical (unpaired) electrons. The van der Waals surface area contributed by atoms with E-state index >= 15 is 0 Å². The third-order valence-corrected chi connectivity index (χ3v) is 11.7. The molecule has 0 aliphatic rings. The molecule has 0 amide bonds. The number of aliphatic carboxylic acids is 2. The topological polar surface area (TPSA) is 243 Å². The number of nitrogen functional groups attached to an aromatic ring is 2. The van der Waals surface area contributed by atoms with E-state index in [1.54, 1.807) is 55.6 Å². The van der Waals surface area contributed by atoms with E-state index in [4.69, 9.17) is 36.7 Å². The van der Waals surface area contributed by atoms with Crippen molar-refractivity contribution in [2.75, 3.05) is 38.0 Å². The van der Waals surface area contributed by atoms with E-state index in [1.807, 2.05) is 19.1 Å². The third-order valence-electron chi connectivity index (χ3n) is 6.71. The summed E-state index contributed by atoms with van der Waals surface area (Å²) < 4.78 is 34.6. The number of ether oxygens (including phenoxy) is 1. The van der Waals surface area contributed by atoms with E-state index in [1.165, 1.54) is 33.1 Å². The fourth-order valence-corrected chi connectivity index (χ4v) is 8.23. The van der Waals surface area contributed by atoms with Gasteiger partial charge in [-0.15, -0.1) is 0 Å². The number of para-hydroxylation sites is 3. The number of hydrogen-bond acceptors (Lipinski definition) is 10. The lowest BCUT2D eigenvalue weighted by Gasteiger charge is -2.19. The van der Waals surface area contributed by atoms with Crippen molar-refractivity contribution in [1.29, 1.82) is 0 Å². The second-order valence-electron chi connectivity index (χ2n) is 10.8. The minimum Gasteiger partial charge on any atom is -0.496 e. The molecule has 0 aromatic heterocycles. The van der Waals surface area contributed by atoms with Gasteiger partial charge in [0.2, 0.25) is 14.7 Å². The fraction of sp³-hybridized carbons (Fsp3) is 0.344. The zero-order valence-corrected chi connectivity index (χ0v) is 28.9. The first-order valence-corrected chi connectivity index (χ1v) is 18.1. The molecule has 3 unspecified atom stereocenters. The number of methoxy groups -OCH3 is 1. The van der Waals surface area contributed by atoms with Gasteiger partial charge in [0, 0.05) is 43.3 Å². The number of hydrogen-bond donors (Lipinski definition) is 6. The first-order valence-electron chi connectivity index (χ1n) is 14.4. The van der Waals surface area contributed by atoms with Crippen LogP contribution in [0.3, 0.4) is 0 Å². The molecule has 15 heteroatoms. The molecule has 5 atom stereocenters. The van der Waals surface area contributed by atoms with Crippen LogP contribution in [0.1, 0.15) is 37.6 Å². The van der Waals surface area contributed by atoms with Crippen molar-refractivity contribution in [3.05, 3.63) is 78.4 Å². The third kappa shape index (κ3) is 13.0. The smallest absolute Gasteiger partial charge is 0.306 e. The van der Waals surface area contributed by atoms with Gasteiger partial charge < -0.3 is 41.6 Å². The number of nitrogens with two attached hydrogens (primary N) is 3. The van der Waals surface area contributed by atoms with E-state index < -0.39 is 38.5 Å². The van der Waals surface area contributed by atoms with E-state index in [9.17, 15) is 28.4 Å². The van der Waals surface area contributed by atoms with Gasteiger partial charge in [-0.2, -0.15) is 0 Å². The predicted molar refractivity (Wildman–Crippen MR) is 184 cm³/mol. The summed E-state index contributed by atoms with van der Waals surface area (Å²) in [5.41, 5.74) is 18.0. The second-order valence-corrected chi connectivity index (χ2v) is 15.6. The molecule has 0 fully saturated rings. The van der Waals surface area contributed by atoms with Crippen molar-refractivity contribution in [2.45, 2.75) is 33.2 Å². The van der Waals surface area contributed by atoms with Crippen LogP contribution in [0.15, 0.2) is 72.8 Å². The number of Topliss-reactive ketones (excluding diaryl/α,β-unsaturated/α-hetero) is 1. The van der Waals surface area contributed by atoms with E-state index in [-0.39, 0.29) is 35.1 Å². The molecule has 0 saturated heterocycles. The van der Waals surface area contributed by atoms with Crippen LogP contribution < -0.4 is 32.5 Å². The van der Waals surface area contributed by atoms with Gasteiger partial charge in [0.1, 0.15) is 5.75 Å². The Morgan fingerprint density at radius 2 is 1.19 bits per heavy atom. The molecule has 0 bridgehead atoms. The lowest BCUT2D eigenvalue weighted by molar-refractivity contribution is -0.141. The summed E-state index contributed by atoms with van der Waals surface area (Å²) in [6.45, 7) is 4.70. The zero-order valence-electron chi connectivity index (χ0n) is 27.1. The van der Waals surface area contributed by atoms with Crippen LogP contribution in [-0.4, -0.2) is 65.4 Å². The van der Waals surface area contributed by atoms with Crippen LogP contribution in [0.4, 0.5) is 11.4 Å². The van der Waals surface area contributed by atoms with Crippen LogP contribution in [0.25, 0.3) is 0 Å². The molecule has 0 aliphatic heterocycles. The number of carboxylic acid groups (broad SMARTS) is 2. The van der Waals surface area contributed by atoms with Crippen molar-refractivity contribution in [1.82, 2.24) is 0 Å². The van der Waals surface area contributed by atoms with Crippen LogP contribution in [0, 0.1) is 11.8 Å². The number of ketones is 1. The Morgan fingerprint density at radius 3 is 1.64 bits per heavy atom. The van der Waals surface area contributed by atoms with Crippen LogP contribution in [0.5, 0.6) is 5.75 Å². The second kappa shape index (κ2) is 19.0. The highest BCUT2D eigenvalue weighted by Gasteiger charge is 2.31. The first-order chi connectivity index (χ1) is 21.9. The summed E-state index contributed by atoms with van der Waals surface area (Å²) in [7, 11) is -4.04. The Morgan fingerprint density at radius 1 is 0.745 bits per heavy atom. The molecule has 0 saturated carbocycles. The summed E-state index contributed by atoms with van der Waals surface area (Å²) in [5.74, 6) is -3.09. The van der Waals surface area contributed by atoms with Crippen molar-refractivity contribution in [3.8, 4) is 5.75 Å². The van der Waals surface area contributed by atoms with Gasteiger partial charge in [0.15, 0.2) is 5.78 Å².